The molecule has 1 saturated heterocycles. The van der Waals surface area contributed by atoms with E-state index in [1.165, 1.54) is 6.92 Å². The molecule has 0 spiro atoms. The lowest BCUT2D eigenvalue weighted by molar-refractivity contribution is -0.270. The van der Waals surface area contributed by atoms with Gasteiger partial charge in [-0.05, 0) is 0 Å². The molecule has 0 aliphatic carbocycles. The number of esters is 4. The quantitative estimate of drug-likeness (QED) is 0.453. The van der Waals surface area contributed by atoms with E-state index in [0.717, 1.165) is 27.7 Å². The van der Waals surface area contributed by atoms with Crippen molar-refractivity contribution in [3.63, 3.8) is 0 Å². The fourth-order valence-corrected chi connectivity index (χ4v) is 2.55. The zero-order valence-electron chi connectivity index (χ0n) is 15.7. The lowest BCUT2D eigenvalue weighted by atomic mass is 9.96. The van der Waals surface area contributed by atoms with Crippen molar-refractivity contribution in [2.24, 2.45) is 0 Å². The van der Waals surface area contributed by atoms with Crippen molar-refractivity contribution >= 4 is 29.8 Å². The second kappa shape index (κ2) is 9.86. The molecule has 0 aromatic heterocycles. The maximum Gasteiger partial charge on any atom is 0.305 e. The summed E-state index contributed by atoms with van der Waals surface area (Å²) in [5, 5.41) is 2.46. The van der Waals surface area contributed by atoms with E-state index >= 15 is 0 Å². The van der Waals surface area contributed by atoms with E-state index in [1.54, 1.807) is 0 Å². The van der Waals surface area contributed by atoms with Crippen LogP contribution < -0.4 is 5.32 Å². The SMILES string of the molecule is CC(=O)N[C@@H]1[C@H](OC(C)=O)OC(COC(C)=O)[C@H](OC(C)=O)[C@@H]1OC(C)=O. The summed E-state index contributed by atoms with van der Waals surface area (Å²) < 4.78 is 25.9. The zero-order valence-corrected chi connectivity index (χ0v) is 15.7. The Kier molecular flexibility index (Phi) is 8.16. The Morgan fingerprint density at radius 2 is 1.30 bits per heavy atom. The van der Waals surface area contributed by atoms with Crippen LogP contribution in [0, 0.1) is 0 Å². The van der Waals surface area contributed by atoms with Gasteiger partial charge in [0.15, 0.2) is 12.2 Å². The predicted octanol–water partition coefficient (Wildman–Crippen LogP) is -0.794. The Balaban J connectivity index is 3.29. The summed E-state index contributed by atoms with van der Waals surface area (Å²) in [7, 11) is 0. The molecule has 11 nitrogen and oxygen atoms in total. The molecule has 1 fully saturated rings. The molecule has 0 radical (unpaired) electrons. The normalized spacial score (nSPS) is 27.1. The number of carbonyl (C=O) groups excluding carboxylic acids is 5. The average molecular weight is 389 g/mol. The Hall–Kier alpha value is -2.69. The summed E-state index contributed by atoms with van der Waals surface area (Å²) in [5.74, 6) is -3.34. The molecular weight excluding hydrogens is 366 g/mol. The van der Waals surface area contributed by atoms with Gasteiger partial charge in [0.05, 0.1) is 0 Å². The van der Waals surface area contributed by atoms with E-state index in [0.29, 0.717) is 0 Å². The van der Waals surface area contributed by atoms with Crippen LogP contribution in [0.4, 0.5) is 0 Å². The predicted molar refractivity (Wildman–Crippen MR) is 85.8 cm³/mol. The molecule has 5 atom stereocenters. The van der Waals surface area contributed by atoms with Crippen LogP contribution in [0.25, 0.3) is 0 Å². The first-order chi connectivity index (χ1) is 12.5. The molecule has 0 aromatic carbocycles. The number of hydrogen-bond acceptors (Lipinski definition) is 10. The van der Waals surface area contributed by atoms with Crippen LogP contribution in [0.15, 0.2) is 0 Å². The Morgan fingerprint density at radius 3 is 1.74 bits per heavy atom. The second-order valence-corrected chi connectivity index (χ2v) is 5.83. The molecule has 1 aliphatic heterocycles. The van der Waals surface area contributed by atoms with Gasteiger partial charge in [-0.3, -0.25) is 24.0 Å². The van der Waals surface area contributed by atoms with Gasteiger partial charge in [-0.15, -0.1) is 0 Å². The van der Waals surface area contributed by atoms with Gasteiger partial charge in [0.25, 0.3) is 0 Å². The summed E-state index contributed by atoms with van der Waals surface area (Å²) in [6.07, 6.45) is -4.97. The van der Waals surface area contributed by atoms with Gasteiger partial charge in [0.1, 0.15) is 18.8 Å². The standard InChI is InChI=1S/C16H23NO10/c1-7(18)17-13-15(25-10(4)21)14(24-9(3)20)12(6-23-8(2)19)27-16(13)26-11(5)22/h12-16H,6H2,1-5H3,(H,17,18)/t12?,13-,14-,15+,16+/m0/s1. The van der Waals surface area contributed by atoms with E-state index in [2.05, 4.69) is 5.32 Å². The van der Waals surface area contributed by atoms with Gasteiger partial charge >= 0.3 is 23.9 Å². The Morgan fingerprint density at radius 1 is 0.778 bits per heavy atom. The maximum absolute atomic E-state index is 11.6. The number of carbonyl (C=O) groups is 5. The molecule has 1 unspecified atom stereocenters. The zero-order chi connectivity index (χ0) is 20.7. The number of amides is 1. The van der Waals surface area contributed by atoms with Crippen LogP contribution >= 0.6 is 0 Å². The van der Waals surface area contributed by atoms with E-state index in [-0.39, 0.29) is 6.61 Å². The van der Waals surface area contributed by atoms with Crippen molar-refractivity contribution in [2.45, 2.75) is 65.3 Å². The molecular formula is C16H23NO10. The third-order valence-corrected chi connectivity index (χ3v) is 3.35. The topological polar surface area (TPSA) is 144 Å². The Labute approximate surface area is 155 Å². The molecule has 1 aliphatic rings. The summed E-state index contributed by atoms with van der Waals surface area (Å²) in [5.41, 5.74) is 0. The molecule has 0 bridgehead atoms. The van der Waals surface area contributed by atoms with E-state index < -0.39 is 60.4 Å². The minimum atomic E-state index is -1.37. The van der Waals surface area contributed by atoms with Crippen LogP contribution in [-0.2, 0) is 47.7 Å². The summed E-state index contributed by atoms with van der Waals surface area (Å²) in [6, 6.07) is -1.16. The monoisotopic (exact) mass is 389 g/mol. The molecule has 1 rings (SSSR count). The van der Waals surface area contributed by atoms with Crippen molar-refractivity contribution in [1.29, 1.82) is 0 Å². The van der Waals surface area contributed by atoms with Crippen molar-refractivity contribution in [3.8, 4) is 0 Å². The summed E-state index contributed by atoms with van der Waals surface area (Å²) >= 11 is 0. The third-order valence-electron chi connectivity index (χ3n) is 3.35. The highest BCUT2D eigenvalue weighted by Gasteiger charge is 2.52. The number of rotatable bonds is 6. The molecule has 1 N–H and O–H groups in total. The smallest absolute Gasteiger partial charge is 0.305 e. The number of ether oxygens (including phenoxy) is 5. The van der Waals surface area contributed by atoms with Crippen molar-refractivity contribution < 1.29 is 47.7 Å². The van der Waals surface area contributed by atoms with Crippen LogP contribution in [0.1, 0.15) is 34.6 Å². The van der Waals surface area contributed by atoms with Crippen LogP contribution in [-0.4, -0.2) is 67.0 Å². The highest BCUT2D eigenvalue weighted by molar-refractivity contribution is 5.74. The van der Waals surface area contributed by atoms with E-state index in [4.69, 9.17) is 23.7 Å². The average Bonchev–Trinajstić information content (AvgIpc) is 2.49. The molecule has 1 amide bonds. The first-order valence-electron chi connectivity index (χ1n) is 8.08. The fraction of sp³-hybridized carbons (Fsp3) is 0.688. The molecule has 0 aromatic rings. The minimum Gasteiger partial charge on any atom is -0.463 e. The van der Waals surface area contributed by atoms with Gasteiger partial charge in [-0.25, -0.2) is 0 Å². The highest BCUT2D eigenvalue weighted by Crippen LogP contribution is 2.28. The molecule has 27 heavy (non-hydrogen) atoms. The number of nitrogens with one attached hydrogen (secondary N) is 1. The maximum atomic E-state index is 11.6. The van der Waals surface area contributed by atoms with Crippen molar-refractivity contribution in [1.82, 2.24) is 5.32 Å². The van der Waals surface area contributed by atoms with Gasteiger partial charge in [0, 0.05) is 34.6 Å². The minimum absolute atomic E-state index is 0.365. The van der Waals surface area contributed by atoms with Gasteiger partial charge in [0.2, 0.25) is 12.2 Å². The van der Waals surface area contributed by atoms with Crippen molar-refractivity contribution in [3.05, 3.63) is 0 Å². The van der Waals surface area contributed by atoms with Crippen LogP contribution in [0.2, 0.25) is 0 Å². The van der Waals surface area contributed by atoms with E-state index in [1.807, 2.05) is 0 Å². The number of hydrogen-bond donors (Lipinski definition) is 1. The summed E-state index contributed by atoms with van der Waals surface area (Å²) in [6.45, 7) is 5.36. The highest BCUT2D eigenvalue weighted by atomic mass is 16.7. The molecule has 0 saturated carbocycles. The second-order valence-electron chi connectivity index (χ2n) is 5.83. The molecule has 11 heteroatoms. The molecule has 152 valence electrons. The fourth-order valence-electron chi connectivity index (χ4n) is 2.55. The van der Waals surface area contributed by atoms with Gasteiger partial charge in [-0.2, -0.15) is 0 Å². The summed E-state index contributed by atoms with van der Waals surface area (Å²) in [4.78, 5) is 57.2. The Bertz CT molecular complexity index is 604. The molecule has 1 heterocycles. The lowest BCUT2D eigenvalue weighted by Gasteiger charge is -2.44. The lowest BCUT2D eigenvalue weighted by Crippen LogP contribution is -2.66. The van der Waals surface area contributed by atoms with Crippen LogP contribution in [0.5, 0.6) is 0 Å². The van der Waals surface area contributed by atoms with Gasteiger partial charge < -0.3 is 29.0 Å². The first kappa shape index (κ1) is 22.4. The first-order valence-corrected chi connectivity index (χ1v) is 8.08. The largest absolute Gasteiger partial charge is 0.463 e. The third kappa shape index (κ3) is 7.21. The van der Waals surface area contributed by atoms with Crippen molar-refractivity contribution in [2.75, 3.05) is 6.61 Å². The van der Waals surface area contributed by atoms with E-state index in [9.17, 15) is 24.0 Å². The van der Waals surface area contributed by atoms with Crippen LogP contribution in [0.3, 0.4) is 0 Å². The van der Waals surface area contributed by atoms with Gasteiger partial charge in [-0.1, -0.05) is 0 Å².